The number of benzene rings is 1. The Morgan fingerprint density at radius 2 is 2.28 bits per heavy atom. The van der Waals surface area contributed by atoms with Gasteiger partial charge in [-0.3, -0.25) is 0 Å². The molecule has 0 aromatic heterocycles. The third-order valence-corrected chi connectivity index (χ3v) is 3.46. The fourth-order valence-electron chi connectivity index (χ4n) is 2.14. The van der Waals surface area contributed by atoms with Gasteiger partial charge in [0.1, 0.15) is 5.75 Å². The zero-order valence-electron chi connectivity index (χ0n) is 10.9. The van der Waals surface area contributed by atoms with Gasteiger partial charge >= 0.3 is 0 Å². The van der Waals surface area contributed by atoms with Crippen LogP contribution in [0.1, 0.15) is 43.9 Å². The first-order valence-electron chi connectivity index (χ1n) is 6.37. The van der Waals surface area contributed by atoms with Crippen LogP contribution in [0, 0.1) is 16.7 Å². The molecule has 0 aliphatic heterocycles. The lowest BCUT2D eigenvalue weighted by atomic mass is 9.92. The van der Waals surface area contributed by atoms with Gasteiger partial charge in [0, 0.05) is 0 Å². The molecule has 1 atom stereocenters. The highest BCUT2D eigenvalue weighted by molar-refractivity contribution is 5.39. The van der Waals surface area contributed by atoms with E-state index in [0.29, 0.717) is 13.0 Å². The number of hydrogen-bond acceptors (Lipinski definition) is 3. The predicted molar refractivity (Wildman–Crippen MR) is 69.2 cm³/mol. The van der Waals surface area contributed by atoms with Gasteiger partial charge in [0.2, 0.25) is 0 Å². The Balaban J connectivity index is 1.94. The Hall–Kier alpha value is -1.53. The zero-order valence-corrected chi connectivity index (χ0v) is 10.9. The van der Waals surface area contributed by atoms with Crippen molar-refractivity contribution in [3.8, 4) is 11.8 Å². The third-order valence-electron chi connectivity index (χ3n) is 3.46. The molecule has 0 radical (unpaired) electrons. The summed E-state index contributed by atoms with van der Waals surface area (Å²) in [5, 5.41) is 18.6. The summed E-state index contributed by atoms with van der Waals surface area (Å²) in [6.45, 7) is 4.37. The Morgan fingerprint density at radius 3 is 3.00 bits per heavy atom. The van der Waals surface area contributed by atoms with Crippen LogP contribution in [0.4, 0.5) is 0 Å². The molecule has 1 aliphatic rings. The molecule has 0 unspecified atom stereocenters. The smallest absolute Gasteiger partial charge is 0.119 e. The van der Waals surface area contributed by atoms with E-state index in [0.717, 1.165) is 24.2 Å². The number of nitriles is 1. The van der Waals surface area contributed by atoms with Crippen LogP contribution in [0.15, 0.2) is 18.2 Å². The standard InChI is InChI=1S/C15H19NO2/c1-15(2,10-16)7-8-18-12-4-5-13-11(9-12)3-6-14(13)17/h4-5,9,14,17H,3,6-8H2,1-2H3/t14-/m1/s1. The highest BCUT2D eigenvalue weighted by atomic mass is 16.5. The number of fused-ring (bicyclic) bond motifs is 1. The van der Waals surface area contributed by atoms with Gasteiger partial charge in [-0.25, -0.2) is 0 Å². The lowest BCUT2D eigenvalue weighted by molar-refractivity contribution is 0.180. The van der Waals surface area contributed by atoms with Crippen molar-refractivity contribution in [1.82, 2.24) is 0 Å². The summed E-state index contributed by atoms with van der Waals surface area (Å²) in [6, 6.07) is 8.10. The van der Waals surface area contributed by atoms with Crippen LogP contribution in [0.5, 0.6) is 5.75 Å². The van der Waals surface area contributed by atoms with Crippen molar-refractivity contribution in [3.63, 3.8) is 0 Å². The Labute approximate surface area is 108 Å². The normalized spacial score (nSPS) is 18.2. The molecule has 18 heavy (non-hydrogen) atoms. The van der Waals surface area contributed by atoms with Gasteiger partial charge in [0.15, 0.2) is 0 Å². The largest absolute Gasteiger partial charge is 0.494 e. The van der Waals surface area contributed by atoms with Gasteiger partial charge in [0.05, 0.1) is 24.2 Å². The Morgan fingerprint density at radius 1 is 1.50 bits per heavy atom. The van der Waals surface area contributed by atoms with E-state index in [1.807, 2.05) is 32.0 Å². The molecule has 1 aromatic carbocycles. The molecule has 0 fully saturated rings. The summed E-state index contributed by atoms with van der Waals surface area (Å²) in [6.07, 6.45) is 2.12. The van der Waals surface area contributed by atoms with Crippen molar-refractivity contribution >= 4 is 0 Å². The number of nitrogens with zero attached hydrogens (tertiary/aromatic N) is 1. The fraction of sp³-hybridized carbons (Fsp3) is 0.533. The molecule has 3 nitrogen and oxygen atoms in total. The van der Waals surface area contributed by atoms with Crippen molar-refractivity contribution in [2.45, 2.75) is 39.2 Å². The minimum Gasteiger partial charge on any atom is -0.494 e. The van der Waals surface area contributed by atoms with Gasteiger partial charge in [-0.15, -0.1) is 0 Å². The minimum absolute atomic E-state index is 0.313. The second kappa shape index (κ2) is 4.99. The zero-order chi connectivity index (χ0) is 13.2. The van der Waals surface area contributed by atoms with Crippen LogP contribution >= 0.6 is 0 Å². The van der Waals surface area contributed by atoms with E-state index in [9.17, 15) is 5.11 Å². The van der Waals surface area contributed by atoms with E-state index >= 15 is 0 Å². The molecule has 96 valence electrons. The third kappa shape index (κ3) is 2.83. The lowest BCUT2D eigenvalue weighted by Gasteiger charge is -2.15. The number of ether oxygens (including phenoxy) is 1. The van der Waals surface area contributed by atoms with Crippen LogP contribution < -0.4 is 4.74 Å². The van der Waals surface area contributed by atoms with Gasteiger partial charge in [-0.1, -0.05) is 6.07 Å². The molecule has 0 saturated carbocycles. The number of aliphatic hydroxyl groups excluding tert-OH is 1. The molecule has 0 heterocycles. The van der Waals surface area contributed by atoms with E-state index in [1.165, 1.54) is 5.56 Å². The maximum Gasteiger partial charge on any atom is 0.119 e. The van der Waals surface area contributed by atoms with Crippen LogP contribution in [0.3, 0.4) is 0 Å². The summed E-state index contributed by atoms with van der Waals surface area (Å²) in [5.74, 6) is 0.830. The van der Waals surface area contributed by atoms with E-state index in [2.05, 4.69) is 6.07 Å². The number of rotatable bonds is 4. The highest BCUT2D eigenvalue weighted by Crippen LogP contribution is 2.33. The first-order valence-corrected chi connectivity index (χ1v) is 6.37. The van der Waals surface area contributed by atoms with Crippen LogP contribution in [-0.2, 0) is 6.42 Å². The molecular formula is C15H19NO2. The topological polar surface area (TPSA) is 53.2 Å². The molecule has 0 bridgehead atoms. The van der Waals surface area contributed by atoms with Crippen LogP contribution in [-0.4, -0.2) is 11.7 Å². The second-order valence-corrected chi connectivity index (χ2v) is 5.51. The van der Waals surface area contributed by atoms with Crippen molar-refractivity contribution in [2.24, 2.45) is 5.41 Å². The molecular weight excluding hydrogens is 226 g/mol. The summed E-state index contributed by atoms with van der Waals surface area (Å²) in [7, 11) is 0. The summed E-state index contributed by atoms with van der Waals surface area (Å²) in [5.41, 5.74) is 1.87. The molecule has 2 rings (SSSR count). The quantitative estimate of drug-likeness (QED) is 0.887. The Bertz CT molecular complexity index is 474. The average molecular weight is 245 g/mol. The van der Waals surface area contributed by atoms with Crippen molar-refractivity contribution < 1.29 is 9.84 Å². The number of aliphatic hydroxyl groups is 1. The Kier molecular flexibility index (Phi) is 3.58. The summed E-state index contributed by atoms with van der Waals surface area (Å²) in [4.78, 5) is 0. The minimum atomic E-state index is -0.340. The van der Waals surface area contributed by atoms with E-state index in [1.54, 1.807) is 0 Å². The van der Waals surface area contributed by atoms with Gasteiger partial charge in [-0.05, 0) is 56.4 Å². The van der Waals surface area contributed by atoms with Crippen LogP contribution in [0.25, 0.3) is 0 Å². The maximum atomic E-state index is 9.71. The SMILES string of the molecule is CC(C)(C#N)CCOc1ccc2c(c1)CC[C@H]2O. The van der Waals surface area contributed by atoms with Gasteiger partial charge in [0.25, 0.3) is 0 Å². The lowest BCUT2D eigenvalue weighted by Crippen LogP contribution is -2.13. The highest BCUT2D eigenvalue weighted by Gasteiger charge is 2.20. The van der Waals surface area contributed by atoms with Gasteiger partial charge < -0.3 is 9.84 Å². The van der Waals surface area contributed by atoms with E-state index in [-0.39, 0.29) is 11.5 Å². The van der Waals surface area contributed by atoms with E-state index < -0.39 is 0 Å². The molecule has 1 aliphatic carbocycles. The van der Waals surface area contributed by atoms with Crippen molar-refractivity contribution in [3.05, 3.63) is 29.3 Å². The summed E-state index contributed by atoms with van der Waals surface area (Å²) >= 11 is 0. The van der Waals surface area contributed by atoms with Crippen molar-refractivity contribution in [1.29, 1.82) is 5.26 Å². The predicted octanol–water partition coefficient (Wildman–Crippen LogP) is 2.98. The number of hydrogen-bond donors (Lipinski definition) is 1. The van der Waals surface area contributed by atoms with Crippen molar-refractivity contribution in [2.75, 3.05) is 6.61 Å². The second-order valence-electron chi connectivity index (χ2n) is 5.51. The van der Waals surface area contributed by atoms with Gasteiger partial charge in [-0.2, -0.15) is 5.26 Å². The first-order chi connectivity index (χ1) is 8.52. The molecule has 1 aromatic rings. The molecule has 1 N–H and O–H groups in total. The maximum absolute atomic E-state index is 9.71. The van der Waals surface area contributed by atoms with E-state index in [4.69, 9.17) is 10.00 Å². The fourth-order valence-corrected chi connectivity index (χ4v) is 2.14. The molecule has 0 amide bonds. The van der Waals surface area contributed by atoms with Crippen LogP contribution in [0.2, 0.25) is 0 Å². The number of aryl methyl sites for hydroxylation is 1. The molecule has 0 saturated heterocycles. The summed E-state index contributed by atoms with van der Waals surface area (Å²) < 4.78 is 5.67. The molecule has 3 heteroatoms. The molecule has 0 spiro atoms. The average Bonchev–Trinajstić information content (AvgIpc) is 2.71. The monoisotopic (exact) mass is 245 g/mol. The first kappa shape index (κ1) is 12.9.